The summed E-state index contributed by atoms with van der Waals surface area (Å²) in [7, 11) is -2.29. The van der Waals surface area contributed by atoms with Crippen LogP contribution in [0, 0.1) is 17.7 Å². The maximum atomic E-state index is 13.3. The third-order valence-electron chi connectivity index (χ3n) is 4.48. The Hall–Kier alpha value is -1.14. The number of nitrogens with one attached hydrogen (secondary N) is 1. The van der Waals surface area contributed by atoms with Crippen molar-refractivity contribution in [1.29, 1.82) is 0 Å². The van der Waals surface area contributed by atoms with Gasteiger partial charge < -0.3 is 4.74 Å². The van der Waals surface area contributed by atoms with Crippen molar-refractivity contribution in [2.75, 3.05) is 7.11 Å². The van der Waals surface area contributed by atoms with E-state index in [2.05, 4.69) is 4.72 Å². The number of halogens is 1. The first-order chi connectivity index (χ1) is 9.49. The summed E-state index contributed by atoms with van der Waals surface area (Å²) in [6, 6.07) is 3.64. The molecule has 0 amide bonds. The maximum Gasteiger partial charge on any atom is 0.240 e. The van der Waals surface area contributed by atoms with Gasteiger partial charge in [-0.1, -0.05) is 6.42 Å². The Morgan fingerprint density at radius 1 is 1.30 bits per heavy atom. The molecule has 0 saturated heterocycles. The largest absolute Gasteiger partial charge is 0.494 e. The van der Waals surface area contributed by atoms with Crippen LogP contribution in [0.4, 0.5) is 4.39 Å². The Morgan fingerprint density at radius 2 is 2.10 bits per heavy atom. The van der Waals surface area contributed by atoms with Gasteiger partial charge >= 0.3 is 0 Å². The lowest BCUT2D eigenvalue weighted by Crippen LogP contribution is -2.38. The summed E-state index contributed by atoms with van der Waals surface area (Å²) in [5.74, 6) is 0.500. The molecule has 2 aliphatic rings. The summed E-state index contributed by atoms with van der Waals surface area (Å²) >= 11 is 0. The highest BCUT2D eigenvalue weighted by atomic mass is 32.2. The molecule has 0 heterocycles. The van der Waals surface area contributed by atoms with Crippen LogP contribution in [0.1, 0.15) is 25.7 Å². The van der Waals surface area contributed by atoms with E-state index in [1.807, 2.05) is 0 Å². The van der Waals surface area contributed by atoms with Gasteiger partial charge in [-0.2, -0.15) is 0 Å². The van der Waals surface area contributed by atoms with Crippen molar-refractivity contribution in [3.05, 3.63) is 24.0 Å². The summed E-state index contributed by atoms with van der Waals surface area (Å²) in [4.78, 5) is 0.0542. The van der Waals surface area contributed by atoms with Crippen molar-refractivity contribution >= 4 is 10.0 Å². The molecular weight excluding hydrogens is 281 g/mol. The summed E-state index contributed by atoms with van der Waals surface area (Å²) in [5, 5.41) is 0. The Balaban J connectivity index is 1.81. The average Bonchev–Trinajstić information content (AvgIpc) is 3.00. The van der Waals surface area contributed by atoms with Gasteiger partial charge in [0.05, 0.1) is 12.0 Å². The van der Waals surface area contributed by atoms with Crippen LogP contribution < -0.4 is 9.46 Å². The van der Waals surface area contributed by atoms with Crippen LogP contribution in [0.5, 0.6) is 5.75 Å². The molecule has 4 nitrogen and oxygen atoms in total. The molecular formula is C14H18FNO3S. The summed E-state index contributed by atoms with van der Waals surface area (Å²) in [5.41, 5.74) is 0. The average molecular weight is 299 g/mol. The van der Waals surface area contributed by atoms with Gasteiger partial charge in [0.1, 0.15) is 0 Å². The molecule has 0 aromatic heterocycles. The van der Waals surface area contributed by atoms with Crippen molar-refractivity contribution in [2.24, 2.45) is 11.8 Å². The zero-order valence-electron chi connectivity index (χ0n) is 11.3. The molecule has 20 heavy (non-hydrogen) atoms. The second kappa shape index (κ2) is 5.00. The quantitative estimate of drug-likeness (QED) is 0.928. The minimum absolute atomic E-state index is 0.0230. The highest BCUT2D eigenvalue weighted by Gasteiger charge is 2.41. The van der Waals surface area contributed by atoms with Crippen molar-refractivity contribution in [3.8, 4) is 5.75 Å². The van der Waals surface area contributed by atoms with E-state index in [0.29, 0.717) is 11.8 Å². The fraction of sp³-hybridized carbons (Fsp3) is 0.571. The first-order valence-corrected chi connectivity index (χ1v) is 8.34. The molecule has 2 bridgehead atoms. The topological polar surface area (TPSA) is 55.4 Å². The molecule has 0 spiro atoms. The number of hydrogen-bond donors (Lipinski definition) is 1. The molecule has 0 aliphatic heterocycles. The minimum Gasteiger partial charge on any atom is -0.494 e. The fourth-order valence-corrected chi connectivity index (χ4v) is 4.80. The van der Waals surface area contributed by atoms with Crippen LogP contribution in [0.3, 0.4) is 0 Å². The monoisotopic (exact) mass is 299 g/mol. The number of methoxy groups -OCH3 is 1. The molecule has 6 heteroatoms. The molecule has 110 valence electrons. The van der Waals surface area contributed by atoms with Gasteiger partial charge in [-0.15, -0.1) is 0 Å². The Morgan fingerprint density at radius 3 is 2.70 bits per heavy atom. The molecule has 2 fully saturated rings. The molecule has 1 aromatic rings. The standard InChI is InChI=1S/C14H18FNO3S/c1-19-14-8-11(4-5-12(14)15)20(17,18)16-13-7-9-2-3-10(13)6-9/h4-5,8-10,13,16H,2-3,6-7H2,1H3/t9-,10-,13-/m0/s1. The van der Waals surface area contributed by atoms with Gasteiger partial charge in [0, 0.05) is 12.1 Å². The van der Waals surface area contributed by atoms with E-state index in [-0.39, 0.29) is 16.7 Å². The lowest BCUT2D eigenvalue weighted by Gasteiger charge is -2.22. The Bertz CT molecular complexity index is 617. The Labute approximate surface area is 118 Å². The van der Waals surface area contributed by atoms with Gasteiger partial charge in [-0.25, -0.2) is 17.5 Å². The molecule has 3 atom stereocenters. The first-order valence-electron chi connectivity index (χ1n) is 6.85. The SMILES string of the molecule is COc1cc(S(=O)(=O)N[C@H]2C[C@H]3CC[C@H]2C3)ccc1F. The maximum absolute atomic E-state index is 13.3. The number of sulfonamides is 1. The number of ether oxygens (including phenoxy) is 1. The highest BCUT2D eigenvalue weighted by molar-refractivity contribution is 7.89. The van der Waals surface area contributed by atoms with Crippen LogP contribution >= 0.6 is 0 Å². The van der Waals surface area contributed by atoms with E-state index in [9.17, 15) is 12.8 Å². The van der Waals surface area contributed by atoms with Gasteiger partial charge in [0.25, 0.3) is 0 Å². The number of benzene rings is 1. The van der Waals surface area contributed by atoms with Crippen LogP contribution in [0.25, 0.3) is 0 Å². The lowest BCUT2D eigenvalue weighted by atomic mass is 9.96. The molecule has 2 saturated carbocycles. The highest BCUT2D eigenvalue weighted by Crippen LogP contribution is 2.44. The lowest BCUT2D eigenvalue weighted by molar-refractivity contribution is 0.383. The van der Waals surface area contributed by atoms with E-state index in [4.69, 9.17) is 4.74 Å². The fourth-order valence-electron chi connectivity index (χ4n) is 3.46. The molecule has 3 rings (SSSR count). The predicted molar refractivity (Wildman–Crippen MR) is 72.5 cm³/mol. The van der Waals surface area contributed by atoms with Crippen LogP contribution in [-0.2, 0) is 10.0 Å². The number of fused-ring (bicyclic) bond motifs is 2. The Kier molecular flexibility index (Phi) is 3.46. The third kappa shape index (κ3) is 2.42. The minimum atomic E-state index is -3.61. The zero-order valence-corrected chi connectivity index (χ0v) is 12.1. The van der Waals surface area contributed by atoms with Crippen LogP contribution in [0.2, 0.25) is 0 Å². The van der Waals surface area contributed by atoms with Gasteiger partial charge in [-0.05, 0) is 43.2 Å². The summed E-state index contributed by atoms with van der Waals surface area (Å²) in [6.07, 6.45) is 4.36. The van der Waals surface area contributed by atoms with Crippen molar-refractivity contribution in [1.82, 2.24) is 4.72 Å². The number of rotatable bonds is 4. The number of hydrogen-bond acceptors (Lipinski definition) is 3. The van der Waals surface area contributed by atoms with E-state index >= 15 is 0 Å². The van der Waals surface area contributed by atoms with Crippen molar-refractivity contribution < 1.29 is 17.5 Å². The molecule has 2 aliphatic carbocycles. The smallest absolute Gasteiger partial charge is 0.240 e. The van der Waals surface area contributed by atoms with Crippen molar-refractivity contribution in [2.45, 2.75) is 36.6 Å². The van der Waals surface area contributed by atoms with E-state index in [1.54, 1.807) is 0 Å². The molecule has 0 radical (unpaired) electrons. The first kappa shape index (κ1) is 13.8. The summed E-state index contributed by atoms with van der Waals surface area (Å²) < 4.78 is 45.7. The molecule has 1 aromatic carbocycles. The van der Waals surface area contributed by atoms with Gasteiger partial charge in [0.2, 0.25) is 10.0 Å². The normalized spacial score (nSPS) is 28.8. The van der Waals surface area contributed by atoms with Gasteiger partial charge in [0.15, 0.2) is 11.6 Å². The van der Waals surface area contributed by atoms with E-state index < -0.39 is 15.8 Å². The van der Waals surface area contributed by atoms with Crippen molar-refractivity contribution in [3.63, 3.8) is 0 Å². The molecule has 0 unspecified atom stereocenters. The second-order valence-electron chi connectivity index (χ2n) is 5.70. The summed E-state index contributed by atoms with van der Waals surface area (Å²) in [6.45, 7) is 0. The van der Waals surface area contributed by atoms with Gasteiger partial charge in [-0.3, -0.25) is 0 Å². The van der Waals surface area contributed by atoms with E-state index in [0.717, 1.165) is 25.3 Å². The predicted octanol–water partition coefficient (Wildman–Crippen LogP) is 2.30. The van der Waals surface area contributed by atoms with E-state index in [1.165, 1.54) is 25.7 Å². The second-order valence-corrected chi connectivity index (χ2v) is 7.41. The van der Waals surface area contributed by atoms with Crippen LogP contribution in [0.15, 0.2) is 23.1 Å². The zero-order chi connectivity index (χ0) is 14.3. The third-order valence-corrected chi connectivity index (χ3v) is 5.97. The van der Waals surface area contributed by atoms with Crippen LogP contribution in [-0.4, -0.2) is 21.6 Å². The molecule has 1 N–H and O–H groups in total.